The molecule has 0 unspecified atom stereocenters. The van der Waals surface area contributed by atoms with Gasteiger partial charge in [0.2, 0.25) is 5.91 Å². The van der Waals surface area contributed by atoms with Crippen LogP contribution in [-0.2, 0) is 28.6 Å². The molecular formula is C34H66N3O7S+. The average molecular weight is 661 g/mol. The van der Waals surface area contributed by atoms with Crippen LogP contribution >= 0.6 is 11.8 Å². The lowest BCUT2D eigenvalue weighted by Crippen LogP contribution is -2.88. The molecule has 264 valence electrons. The highest BCUT2D eigenvalue weighted by molar-refractivity contribution is 7.99. The maximum Gasteiger partial charge on any atom is 0.408 e. The Balaban J connectivity index is 4.43. The molecule has 2 atom stereocenters. The van der Waals surface area contributed by atoms with Gasteiger partial charge in [0.1, 0.15) is 11.6 Å². The minimum Gasteiger partial charge on any atom is -0.467 e. The van der Waals surface area contributed by atoms with E-state index in [0.29, 0.717) is 25.3 Å². The lowest BCUT2D eigenvalue weighted by molar-refractivity contribution is -0.564. The Hall–Kier alpha value is -1.85. The Morgan fingerprint density at radius 2 is 1.33 bits per heavy atom. The zero-order valence-electron chi connectivity index (χ0n) is 29.5. The van der Waals surface area contributed by atoms with E-state index in [-0.39, 0.29) is 24.2 Å². The van der Waals surface area contributed by atoms with E-state index >= 15 is 0 Å². The molecule has 0 fully saturated rings. The van der Waals surface area contributed by atoms with Crippen molar-refractivity contribution in [2.75, 3.05) is 38.4 Å². The number of quaternary nitrogens is 1. The smallest absolute Gasteiger partial charge is 0.408 e. The molecule has 0 aromatic rings. The predicted octanol–water partition coefficient (Wildman–Crippen LogP) is 5.51. The molecule has 10 nitrogen and oxygen atoms in total. The van der Waals surface area contributed by atoms with E-state index in [1.54, 1.807) is 26.1 Å². The molecule has 0 saturated carbocycles. The molecule has 0 aromatic heterocycles. The van der Waals surface area contributed by atoms with Crippen LogP contribution in [0.15, 0.2) is 0 Å². The van der Waals surface area contributed by atoms with E-state index < -0.39 is 35.7 Å². The van der Waals surface area contributed by atoms with Crippen molar-refractivity contribution in [2.45, 2.75) is 149 Å². The second-order valence-corrected chi connectivity index (χ2v) is 14.4. The summed E-state index contributed by atoms with van der Waals surface area (Å²) >= 11 is 1.44. The number of esters is 1. The summed E-state index contributed by atoms with van der Waals surface area (Å²) in [6.45, 7) is 12.4. The molecule has 45 heavy (non-hydrogen) atoms. The third kappa shape index (κ3) is 27.0. The SMILES string of the molecule is CCCCCCCCCCCCCCCC(=O)[NH2+]CCSC[C@H](NC(=O)OC(C)(C)C)C(=O)N[C@@H](COCC(C)C)C(=O)OC. The molecule has 0 aliphatic heterocycles. The third-order valence-corrected chi connectivity index (χ3v) is 8.08. The monoisotopic (exact) mass is 660 g/mol. The fourth-order valence-electron chi connectivity index (χ4n) is 4.56. The van der Waals surface area contributed by atoms with E-state index in [1.807, 2.05) is 13.8 Å². The van der Waals surface area contributed by atoms with Crippen molar-refractivity contribution in [3.63, 3.8) is 0 Å². The summed E-state index contributed by atoms with van der Waals surface area (Å²) in [5.41, 5.74) is -0.736. The standard InChI is InChI=1S/C34H65N3O7S/c1-8-9-10-11-12-13-14-15-16-17-18-19-20-21-30(38)35-22-23-45-26-29(37-33(41)44-34(4,5)6)31(39)36-28(32(40)42-7)25-43-24-27(2)3/h27-29H,8-26H2,1-7H3,(H,35,38)(H,36,39)(H,37,41)/p+1/t28-,29-/m0/s1. The number of methoxy groups -OCH3 is 1. The van der Waals surface area contributed by atoms with E-state index in [0.717, 1.165) is 12.8 Å². The number of amides is 3. The van der Waals surface area contributed by atoms with Gasteiger partial charge >= 0.3 is 18.0 Å². The second-order valence-electron chi connectivity index (χ2n) is 13.2. The van der Waals surface area contributed by atoms with E-state index in [4.69, 9.17) is 14.2 Å². The minimum atomic E-state index is -1.01. The van der Waals surface area contributed by atoms with Gasteiger partial charge in [-0.25, -0.2) is 14.4 Å². The summed E-state index contributed by atoms with van der Waals surface area (Å²) in [6, 6.07) is -1.96. The molecule has 0 spiro atoms. The fourth-order valence-corrected chi connectivity index (χ4v) is 5.48. The van der Waals surface area contributed by atoms with Crippen molar-refractivity contribution in [3.05, 3.63) is 0 Å². The summed E-state index contributed by atoms with van der Waals surface area (Å²) in [6.07, 6.45) is 16.4. The summed E-state index contributed by atoms with van der Waals surface area (Å²) in [4.78, 5) is 50.1. The van der Waals surface area contributed by atoms with Crippen LogP contribution < -0.4 is 16.0 Å². The van der Waals surface area contributed by atoms with Crippen molar-refractivity contribution in [3.8, 4) is 0 Å². The Kier molecular flexibility index (Phi) is 26.2. The molecule has 3 amide bonds. The molecule has 11 heteroatoms. The van der Waals surface area contributed by atoms with Gasteiger partial charge in [-0.1, -0.05) is 97.8 Å². The van der Waals surface area contributed by atoms with Crippen molar-refractivity contribution < 1.29 is 38.7 Å². The molecule has 0 radical (unpaired) electrons. The third-order valence-electron chi connectivity index (χ3n) is 6.99. The molecule has 0 aliphatic rings. The van der Waals surface area contributed by atoms with E-state index in [1.165, 1.54) is 89.5 Å². The van der Waals surface area contributed by atoms with E-state index in [2.05, 4.69) is 17.6 Å². The largest absolute Gasteiger partial charge is 0.467 e. The van der Waals surface area contributed by atoms with Crippen molar-refractivity contribution in [1.82, 2.24) is 10.6 Å². The van der Waals surface area contributed by atoms with Crippen molar-refractivity contribution in [2.24, 2.45) is 5.92 Å². The van der Waals surface area contributed by atoms with Gasteiger partial charge in [0.25, 0.3) is 0 Å². The van der Waals surface area contributed by atoms with Crippen LogP contribution in [0.2, 0.25) is 0 Å². The molecular weight excluding hydrogens is 594 g/mol. The van der Waals surface area contributed by atoms with Crippen LogP contribution in [0.1, 0.15) is 131 Å². The topological polar surface area (TPSA) is 137 Å². The summed E-state index contributed by atoms with van der Waals surface area (Å²) in [7, 11) is 1.24. The van der Waals surface area contributed by atoms with Gasteiger partial charge in [0.05, 0.1) is 26.7 Å². The Labute approximate surface area is 278 Å². The molecule has 0 rings (SSSR count). The lowest BCUT2D eigenvalue weighted by Gasteiger charge is -2.24. The first-order chi connectivity index (χ1) is 21.4. The molecule has 0 aliphatic carbocycles. The van der Waals surface area contributed by atoms with Crippen LogP contribution in [0.25, 0.3) is 0 Å². The maximum absolute atomic E-state index is 13.1. The number of unbranched alkanes of at least 4 members (excludes halogenated alkanes) is 12. The molecule has 0 saturated heterocycles. The van der Waals surface area contributed by atoms with Gasteiger partial charge < -0.3 is 24.8 Å². The Bertz CT molecular complexity index is 805. The Morgan fingerprint density at radius 1 is 0.778 bits per heavy atom. The first kappa shape index (κ1) is 43.1. The van der Waals surface area contributed by atoms with Crippen LogP contribution in [-0.4, -0.2) is 79.9 Å². The fraction of sp³-hybridized carbons (Fsp3) is 0.882. The van der Waals surface area contributed by atoms with E-state index in [9.17, 15) is 19.2 Å². The van der Waals surface area contributed by atoms with Gasteiger partial charge in [0, 0.05) is 18.1 Å². The Morgan fingerprint density at radius 3 is 1.84 bits per heavy atom. The number of alkyl carbamates (subject to hydrolysis) is 1. The number of hydrogen-bond donors (Lipinski definition) is 3. The van der Waals surface area contributed by atoms with Crippen molar-refractivity contribution in [1.29, 1.82) is 0 Å². The molecule has 4 N–H and O–H groups in total. The van der Waals surface area contributed by atoms with Crippen LogP contribution in [0.5, 0.6) is 0 Å². The normalized spacial score (nSPS) is 12.9. The number of primary amides is 1. The van der Waals surface area contributed by atoms with Gasteiger partial charge in [-0.15, -0.1) is 0 Å². The van der Waals surface area contributed by atoms with Crippen LogP contribution in [0, 0.1) is 5.92 Å². The number of carbonyl (C=O) groups excluding carboxylic acids is 4. The number of nitrogens with one attached hydrogen (secondary N) is 2. The number of nitrogens with two attached hydrogens (primary N) is 1. The highest BCUT2D eigenvalue weighted by Gasteiger charge is 2.29. The zero-order chi connectivity index (χ0) is 33.9. The van der Waals surface area contributed by atoms with Gasteiger partial charge in [0.15, 0.2) is 6.04 Å². The number of carbonyl (C=O) groups is 4. The number of ether oxygens (including phenoxy) is 3. The predicted molar refractivity (Wildman–Crippen MR) is 182 cm³/mol. The average Bonchev–Trinajstić information content (AvgIpc) is 2.96. The highest BCUT2D eigenvalue weighted by atomic mass is 32.2. The lowest BCUT2D eigenvalue weighted by atomic mass is 10.0. The highest BCUT2D eigenvalue weighted by Crippen LogP contribution is 2.13. The quantitative estimate of drug-likeness (QED) is 0.0775. The number of thioether (sulfide) groups is 1. The van der Waals surface area contributed by atoms with Crippen LogP contribution in [0.4, 0.5) is 4.79 Å². The molecule has 0 heterocycles. The first-order valence-electron chi connectivity index (χ1n) is 17.3. The van der Waals surface area contributed by atoms with Gasteiger partial charge in [-0.3, -0.25) is 10.1 Å². The van der Waals surface area contributed by atoms with Gasteiger partial charge in [-0.2, -0.15) is 11.8 Å². The molecule has 0 bridgehead atoms. The molecule has 0 aromatic carbocycles. The minimum absolute atomic E-state index is 0.0424. The summed E-state index contributed by atoms with van der Waals surface area (Å²) in [5, 5.41) is 6.98. The summed E-state index contributed by atoms with van der Waals surface area (Å²) in [5.74, 6) is 0.0957. The van der Waals surface area contributed by atoms with Crippen LogP contribution in [0.3, 0.4) is 0 Å². The second kappa shape index (κ2) is 27.3. The zero-order valence-corrected chi connectivity index (χ0v) is 30.3. The number of rotatable bonds is 27. The summed E-state index contributed by atoms with van der Waals surface area (Å²) < 4.78 is 15.7. The van der Waals surface area contributed by atoms with Gasteiger partial charge in [-0.05, 0) is 33.1 Å². The number of hydrogen-bond acceptors (Lipinski definition) is 8. The maximum atomic E-state index is 13.1. The first-order valence-corrected chi connectivity index (χ1v) is 18.4. The van der Waals surface area contributed by atoms with Crippen molar-refractivity contribution >= 4 is 35.6 Å².